The summed E-state index contributed by atoms with van der Waals surface area (Å²) >= 11 is 6.12. The van der Waals surface area contributed by atoms with Crippen LogP contribution in [0.2, 0.25) is 5.02 Å². The summed E-state index contributed by atoms with van der Waals surface area (Å²) in [5.74, 6) is 1.29. The molecule has 0 atom stereocenters. The zero-order valence-electron chi connectivity index (χ0n) is 9.25. The molecule has 0 spiro atoms. The summed E-state index contributed by atoms with van der Waals surface area (Å²) in [7, 11) is 3.18. The Morgan fingerprint density at radius 1 is 1.25 bits per heavy atom. The largest absolute Gasteiger partial charge is 0.493 e. The molecule has 0 amide bonds. The number of benzene rings is 1. The van der Waals surface area contributed by atoms with Crippen molar-refractivity contribution in [2.75, 3.05) is 32.8 Å². The van der Waals surface area contributed by atoms with Crippen LogP contribution >= 0.6 is 11.6 Å². The van der Waals surface area contributed by atoms with Crippen molar-refractivity contribution in [3.63, 3.8) is 0 Å². The Bertz CT molecular complexity index is 380. The lowest BCUT2D eigenvalue weighted by Gasteiger charge is -2.28. The zero-order valence-corrected chi connectivity index (χ0v) is 10.0. The van der Waals surface area contributed by atoms with E-state index >= 15 is 0 Å². The summed E-state index contributed by atoms with van der Waals surface area (Å²) < 4.78 is 15.5. The molecule has 0 saturated carbocycles. The molecule has 0 radical (unpaired) electrons. The van der Waals surface area contributed by atoms with Gasteiger partial charge in [0.15, 0.2) is 11.5 Å². The summed E-state index contributed by atoms with van der Waals surface area (Å²) in [6, 6.07) is 3.90. The van der Waals surface area contributed by atoms with Gasteiger partial charge in [-0.2, -0.15) is 0 Å². The van der Waals surface area contributed by atoms with Crippen molar-refractivity contribution in [2.45, 2.75) is 6.04 Å². The molecule has 1 aliphatic rings. The topological polar surface area (TPSA) is 39.7 Å². The second-order valence-electron chi connectivity index (χ2n) is 3.57. The third kappa shape index (κ3) is 2.18. The fourth-order valence-corrected chi connectivity index (χ4v) is 1.71. The molecule has 1 saturated heterocycles. The van der Waals surface area contributed by atoms with Crippen molar-refractivity contribution in [3.8, 4) is 11.5 Å². The molecule has 1 aliphatic heterocycles. The van der Waals surface area contributed by atoms with Gasteiger partial charge in [0.1, 0.15) is 0 Å². The third-order valence-corrected chi connectivity index (χ3v) is 2.78. The van der Waals surface area contributed by atoms with Crippen LogP contribution in [0.4, 0.5) is 5.69 Å². The lowest BCUT2D eigenvalue weighted by molar-refractivity contribution is 0.0211. The average Bonchev–Trinajstić information content (AvgIpc) is 2.24. The van der Waals surface area contributed by atoms with Gasteiger partial charge in [-0.3, -0.25) is 0 Å². The molecule has 4 nitrogen and oxygen atoms in total. The van der Waals surface area contributed by atoms with E-state index in [9.17, 15) is 0 Å². The summed E-state index contributed by atoms with van der Waals surface area (Å²) in [4.78, 5) is 0. The second kappa shape index (κ2) is 4.80. The fourth-order valence-electron chi connectivity index (χ4n) is 1.50. The molecule has 0 aliphatic carbocycles. The number of hydrogen-bond acceptors (Lipinski definition) is 4. The lowest BCUT2D eigenvalue weighted by Crippen LogP contribution is -2.40. The van der Waals surface area contributed by atoms with Crippen molar-refractivity contribution < 1.29 is 14.2 Å². The van der Waals surface area contributed by atoms with E-state index in [0.717, 1.165) is 5.69 Å². The van der Waals surface area contributed by atoms with Gasteiger partial charge in [0.2, 0.25) is 0 Å². The van der Waals surface area contributed by atoms with Crippen LogP contribution in [0.25, 0.3) is 0 Å². The van der Waals surface area contributed by atoms with Gasteiger partial charge < -0.3 is 19.5 Å². The van der Waals surface area contributed by atoms with Gasteiger partial charge in [-0.25, -0.2) is 0 Å². The highest BCUT2D eigenvalue weighted by atomic mass is 35.5. The fraction of sp³-hybridized carbons (Fsp3) is 0.455. The van der Waals surface area contributed by atoms with E-state index in [1.807, 2.05) is 6.07 Å². The first-order valence-electron chi connectivity index (χ1n) is 5.00. The minimum Gasteiger partial charge on any atom is -0.493 e. The van der Waals surface area contributed by atoms with Crippen LogP contribution < -0.4 is 14.8 Å². The maximum atomic E-state index is 6.12. The van der Waals surface area contributed by atoms with Crippen LogP contribution in [-0.2, 0) is 4.74 Å². The molecule has 1 aromatic rings. The Hall–Kier alpha value is -1.13. The summed E-state index contributed by atoms with van der Waals surface area (Å²) in [5.41, 5.74) is 0.840. The first-order valence-corrected chi connectivity index (χ1v) is 5.38. The Kier molecular flexibility index (Phi) is 3.41. The van der Waals surface area contributed by atoms with Crippen LogP contribution in [0.15, 0.2) is 12.1 Å². The number of ether oxygens (including phenoxy) is 3. The maximum absolute atomic E-state index is 6.12. The number of rotatable bonds is 4. The van der Waals surface area contributed by atoms with Gasteiger partial charge in [0.05, 0.1) is 44.2 Å². The highest BCUT2D eigenvalue weighted by Gasteiger charge is 2.20. The molecule has 1 fully saturated rings. The predicted octanol–water partition coefficient (Wildman–Crippen LogP) is 2.17. The van der Waals surface area contributed by atoms with Crippen LogP contribution in [-0.4, -0.2) is 33.5 Å². The normalized spacial score (nSPS) is 15.4. The Balaban J connectivity index is 2.22. The van der Waals surface area contributed by atoms with E-state index in [-0.39, 0.29) is 0 Å². The molecular weight excluding hydrogens is 230 g/mol. The molecule has 88 valence electrons. The van der Waals surface area contributed by atoms with Crippen LogP contribution in [0, 0.1) is 0 Å². The highest BCUT2D eigenvalue weighted by molar-refractivity contribution is 6.33. The van der Waals surface area contributed by atoms with E-state index in [1.165, 1.54) is 0 Å². The molecule has 16 heavy (non-hydrogen) atoms. The van der Waals surface area contributed by atoms with Crippen LogP contribution in [0.3, 0.4) is 0 Å². The average molecular weight is 244 g/mol. The van der Waals surface area contributed by atoms with Gasteiger partial charge in [-0.1, -0.05) is 11.6 Å². The molecule has 0 aromatic heterocycles. The van der Waals surface area contributed by atoms with Gasteiger partial charge in [0.25, 0.3) is 0 Å². The quantitative estimate of drug-likeness (QED) is 0.880. The lowest BCUT2D eigenvalue weighted by atomic mass is 10.2. The van der Waals surface area contributed by atoms with Crippen molar-refractivity contribution in [2.24, 2.45) is 0 Å². The van der Waals surface area contributed by atoms with Crippen LogP contribution in [0.5, 0.6) is 11.5 Å². The number of halogens is 1. The van der Waals surface area contributed by atoms with Crippen molar-refractivity contribution >= 4 is 17.3 Å². The van der Waals surface area contributed by atoms with Gasteiger partial charge in [0, 0.05) is 12.1 Å². The first kappa shape index (κ1) is 11.4. The monoisotopic (exact) mass is 243 g/mol. The van der Waals surface area contributed by atoms with Gasteiger partial charge in [-0.05, 0) is 0 Å². The Morgan fingerprint density at radius 2 is 1.88 bits per heavy atom. The van der Waals surface area contributed by atoms with Crippen LogP contribution in [0.1, 0.15) is 0 Å². The van der Waals surface area contributed by atoms with E-state index in [0.29, 0.717) is 35.8 Å². The van der Waals surface area contributed by atoms with Gasteiger partial charge >= 0.3 is 0 Å². The van der Waals surface area contributed by atoms with Crippen molar-refractivity contribution in [1.29, 1.82) is 0 Å². The third-order valence-electron chi connectivity index (χ3n) is 2.47. The number of hydrogen-bond donors (Lipinski definition) is 1. The van der Waals surface area contributed by atoms with Crippen molar-refractivity contribution in [1.82, 2.24) is 0 Å². The number of anilines is 1. The Morgan fingerprint density at radius 3 is 2.38 bits per heavy atom. The Labute approximate surface area is 99.4 Å². The van der Waals surface area contributed by atoms with Crippen molar-refractivity contribution in [3.05, 3.63) is 17.2 Å². The molecule has 2 rings (SSSR count). The summed E-state index contributed by atoms with van der Waals surface area (Å²) in [6.07, 6.45) is 0. The highest BCUT2D eigenvalue weighted by Crippen LogP contribution is 2.36. The minimum absolute atomic E-state index is 0.329. The minimum atomic E-state index is 0.329. The molecule has 1 N–H and O–H groups in total. The molecule has 0 unspecified atom stereocenters. The SMILES string of the molecule is COc1cc(Cl)c(NC2COC2)cc1OC. The molecular formula is C11H14ClNO3. The number of methoxy groups -OCH3 is 2. The molecule has 5 heteroatoms. The molecule has 1 heterocycles. The maximum Gasteiger partial charge on any atom is 0.162 e. The second-order valence-corrected chi connectivity index (χ2v) is 3.97. The number of nitrogens with one attached hydrogen (secondary N) is 1. The van der Waals surface area contributed by atoms with E-state index in [1.54, 1.807) is 20.3 Å². The molecule has 1 aromatic carbocycles. The first-order chi connectivity index (χ1) is 7.74. The summed E-state index contributed by atoms with van der Waals surface area (Å²) in [6.45, 7) is 1.43. The predicted molar refractivity (Wildman–Crippen MR) is 62.8 cm³/mol. The molecule has 0 bridgehead atoms. The van der Waals surface area contributed by atoms with Gasteiger partial charge in [-0.15, -0.1) is 0 Å². The standard InChI is InChI=1S/C11H14ClNO3/c1-14-10-3-8(12)9(4-11(10)15-2)13-7-5-16-6-7/h3-4,7,13H,5-6H2,1-2H3. The zero-order chi connectivity index (χ0) is 11.5. The van der Waals surface area contributed by atoms with E-state index in [4.69, 9.17) is 25.8 Å². The summed E-state index contributed by atoms with van der Waals surface area (Å²) in [5, 5.41) is 3.90. The van der Waals surface area contributed by atoms with E-state index in [2.05, 4.69) is 5.32 Å². The van der Waals surface area contributed by atoms with E-state index < -0.39 is 0 Å². The smallest absolute Gasteiger partial charge is 0.162 e.